The predicted octanol–water partition coefficient (Wildman–Crippen LogP) is 5.41. The molecule has 1 aromatic heterocycles. The van der Waals surface area contributed by atoms with Crippen LogP contribution in [0.4, 0.5) is 10.2 Å². The number of pyridine rings is 1. The number of anilines is 1. The van der Waals surface area contributed by atoms with Crippen molar-refractivity contribution in [3.05, 3.63) is 75.7 Å². The number of nitrogen functional groups attached to an aromatic ring is 1. The third-order valence-electron chi connectivity index (χ3n) is 4.14. The molecule has 3 N–H and O–H groups in total. The molecule has 0 aliphatic rings. The van der Waals surface area contributed by atoms with Crippen molar-refractivity contribution in [2.75, 3.05) is 5.73 Å². The molecule has 140 valence electrons. The summed E-state index contributed by atoms with van der Waals surface area (Å²) in [6.45, 7) is 1.68. The molecule has 0 aliphatic carbocycles. The summed E-state index contributed by atoms with van der Waals surface area (Å²) in [5.41, 5.74) is 8.76. The number of aliphatic hydroxyl groups is 1. The van der Waals surface area contributed by atoms with Gasteiger partial charge in [-0.3, -0.25) is 0 Å². The van der Waals surface area contributed by atoms with Crippen LogP contribution in [0.1, 0.15) is 24.2 Å². The number of hydrogen-bond acceptors (Lipinski definition) is 4. The maximum Gasteiger partial charge on any atom is 0.166 e. The monoisotopic (exact) mass is 406 g/mol. The van der Waals surface area contributed by atoms with Crippen LogP contribution in [-0.4, -0.2) is 10.1 Å². The van der Waals surface area contributed by atoms with Gasteiger partial charge in [-0.2, -0.15) is 0 Å². The summed E-state index contributed by atoms with van der Waals surface area (Å²) >= 11 is 12.2. The number of ether oxygens (including phenoxy) is 1. The average molecular weight is 407 g/mol. The highest BCUT2D eigenvalue weighted by atomic mass is 35.5. The summed E-state index contributed by atoms with van der Waals surface area (Å²) in [7, 11) is 0. The minimum absolute atomic E-state index is 0.0265. The van der Waals surface area contributed by atoms with E-state index in [-0.39, 0.29) is 17.4 Å². The Labute approximate surface area is 166 Å². The molecule has 0 bridgehead atoms. The molecule has 0 spiro atoms. The first-order chi connectivity index (χ1) is 12.9. The maximum absolute atomic E-state index is 13.8. The van der Waals surface area contributed by atoms with E-state index in [1.807, 2.05) is 24.3 Å². The van der Waals surface area contributed by atoms with Gasteiger partial charge in [-0.1, -0.05) is 47.5 Å². The van der Waals surface area contributed by atoms with Gasteiger partial charge in [0.25, 0.3) is 0 Å². The van der Waals surface area contributed by atoms with Crippen LogP contribution in [0, 0.1) is 5.82 Å². The van der Waals surface area contributed by atoms with Gasteiger partial charge in [0.05, 0.1) is 11.6 Å². The Bertz CT molecular complexity index is 965. The fraction of sp³-hybridized carbons (Fsp3) is 0.150. The summed E-state index contributed by atoms with van der Waals surface area (Å²) in [4.78, 5) is 4.17. The summed E-state index contributed by atoms with van der Waals surface area (Å²) in [6.07, 6.45) is 0.986. The Balaban J connectivity index is 1.92. The number of halogens is 3. The summed E-state index contributed by atoms with van der Waals surface area (Å²) in [5, 5.41) is 9.37. The Morgan fingerprint density at radius 3 is 2.52 bits per heavy atom. The standard InChI is InChI=1S/C20H17Cl2FN2O2/c1-11(18-15(21)6-7-16(23)19(18)22)27-17-8-14(9-25-20(17)24)13-4-2-12(10-26)3-5-13/h2-9,11,26H,10H2,1H3,(H2,24,25)/t11-/m1/s1. The third-order valence-corrected chi connectivity index (χ3v) is 4.86. The number of nitrogens with zero attached hydrogens (tertiary/aromatic N) is 1. The van der Waals surface area contributed by atoms with E-state index in [0.29, 0.717) is 16.3 Å². The van der Waals surface area contributed by atoms with Crippen molar-refractivity contribution in [2.45, 2.75) is 19.6 Å². The number of aromatic nitrogens is 1. The SMILES string of the molecule is C[C@@H](Oc1cc(-c2ccc(CO)cc2)cnc1N)c1c(Cl)ccc(F)c1Cl. The molecule has 0 amide bonds. The van der Waals surface area contributed by atoms with Crippen molar-refractivity contribution < 1.29 is 14.2 Å². The van der Waals surface area contributed by atoms with E-state index in [0.717, 1.165) is 16.7 Å². The first-order valence-electron chi connectivity index (χ1n) is 8.16. The molecule has 0 radical (unpaired) electrons. The van der Waals surface area contributed by atoms with E-state index in [1.54, 1.807) is 19.2 Å². The van der Waals surface area contributed by atoms with Crippen molar-refractivity contribution in [1.29, 1.82) is 0 Å². The predicted molar refractivity (Wildman–Crippen MR) is 105 cm³/mol. The van der Waals surface area contributed by atoms with Gasteiger partial charge in [-0.25, -0.2) is 9.37 Å². The lowest BCUT2D eigenvalue weighted by Gasteiger charge is -2.19. The van der Waals surface area contributed by atoms with E-state index in [4.69, 9.17) is 38.8 Å². The molecular weight excluding hydrogens is 390 g/mol. The molecule has 7 heteroatoms. The van der Waals surface area contributed by atoms with E-state index < -0.39 is 11.9 Å². The second-order valence-electron chi connectivity index (χ2n) is 5.98. The molecule has 4 nitrogen and oxygen atoms in total. The van der Waals surface area contributed by atoms with Gasteiger partial charge < -0.3 is 15.6 Å². The minimum Gasteiger partial charge on any atom is -0.482 e. The smallest absolute Gasteiger partial charge is 0.166 e. The topological polar surface area (TPSA) is 68.4 Å². The highest BCUT2D eigenvalue weighted by molar-refractivity contribution is 6.36. The molecule has 0 fully saturated rings. The normalized spacial score (nSPS) is 12.0. The summed E-state index contributed by atoms with van der Waals surface area (Å²) in [5.74, 6) is -0.0424. The Hall–Kier alpha value is -2.34. The Kier molecular flexibility index (Phi) is 5.85. The van der Waals surface area contributed by atoms with Gasteiger partial charge >= 0.3 is 0 Å². The highest BCUT2D eigenvalue weighted by Gasteiger charge is 2.20. The third kappa shape index (κ3) is 4.16. The minimum atomic E-state index is -0.642. The van der Waals surface area contributed by atoms with Gasteiger partial charge in [-0.15, -0.1) is 0 Å². The number of hydrogen-bond donors (Lipinski definition) is 2. The zero-order valence-corrected chi connectivity index (χ0v) is 15.9. The first-order valence-corrected chi connectivity index (χ1v) is 8.92. The van der Waals surface area contributed by atoms with Gasteiger partial charge in [0.2, 0.25) is 0 Å². The lowest BCUT2D eigenvalue weighted by molar-refractivity contribution is 0.227. The molecule has 0 saturated carbocycles. The summed E-state index contributed by atoms with van der Waals surface area (Å²) in [6, 6.07) is 11.8. The Morgan fingerprint density at radius 2 is 1.85 bits per heavy atom. The van der Waals surface area contributed by atoms with Crippen molar-refractivity contribution in [1.82, 2.24) is 4.98 Å². The van der Waals surface area contributed by atoms with Gasteiger partial charge in [-0.05, 0) is 36.2 Å². The maximum atomic E-state index is 13.8. The average Bonchev–Trinajstić information content (AvgIpc) is 2.67. The zero-order valence-electron chi connectivity index (χ0n) is 14.4. The fourth-order valence-corrected chi connectivity index (χ4v) is 3.35. The molecule has 3 rings (SSSR count). The molecule has 0 saturated heterocycles. The van der Waals surface area contributed by atoms with Crippen LogP contribution >= 0.6 is 23.2 Å². The number of benzene rings is 2. The lowest BCUT2D eigenvalue weighted by atomic mass is 10.1. The van der Waals surface area contributed by atoms with Crippen LogP contribution in [0.25, 0.3) is 11.1 Å². The van der Waals surface area contributed by atoms with Crippen LogP contribution in [0.3, 0.4) is 0 Å². The number of aliphatic hydroxyl groups excluding tert-OH is 1. The van der Waals surface area contributed by atoms with Crippen molar-refractivity contribution in [3.8, 4) is 16.9 Å². The number of rotatable bonds is 5. The molecule has 1 heterocycles. The molecule has 0 unspecified atom stereocenters. The Morgan fingerprint density at radius 1 is 1.15 bits per heavy atom. The molecule has 0 aliphatic heterocycles. The van der Waals surface area contributed by atoms with E-state index in [9.17, 15) is 4.39 Å². The second-order valence-corrected chi connectivity index (χ2v) is 6.76. The second kappa shape index (κ2) is 8.13. The van der Waals surface area contributed by atoms with Crippen LogP contribution < -0.4 is 10.5 Å². The van der Waals surface area contributed by atoms with Crippen molar-refractivity contribution in [2.24, 2.45) is 0 Å². The molecule has 3 aromatic rings. The van der Waals surface area contributed by atoms with Crippen molar-refractivity contribution >= 4 is 29.0 Å². The van der Waals surface area contributed by atoms with Gasteiger partial charge in [0, 0.05) is 22.3 Å². The van der Waals surface area contributed by atoms with Gasteiger partial charge in [0.1, 0.15) is 11.9 Å². The zero-order chi connectivity index (χ0) is 19.6. The van der Waals surface area contributed by atoms with Crippen molar-refractivity contribution in [3.63, 3.8) is 0 Å². The quantitative estimate of drug-likeness (QED) is 0.555. The van der Waals surface area contributed by atoms with Gasteiger partial charge in [0.15, 0.2) is 11.6 Å². The fourth-order valence-electron chi connectivity index (χ4n) is 2.67. The first kappa shape index (κ1) is 19.4. The number of nitrogens with two attached hydrogens (primary N) is 1. The van der Waals surface area contributed by atoms with Crippen LogP contribution in [-0.2, 0) is 6.61 Å². The lowest BCUT2D eigenvalue weighted by Crippen LogP contribution is -2.08. The van der Waals surface area contributed by atoms with E-state index >= 15 is 0 Å². The molecule has 27 heavy (non-hydrogen) atoms. The van der Waals surface area contributed by atoms with E-state index in [1.165, 1.54) is 12.1 Å². The molecular formula is C20H17Cl2FN2O2. The van der Waals surface area contributed by atoms with Crippen LogP contribution in [0.5, 0.6) is 5.75 Å². The molecule has 2 aromatic carbocycles. The summed E-state index contributed by atoms with van der Waals surface area (Å²) < 4.78 is 19.7. The largest absolute Gasteiger partial charge is 0.482 e. The highest BCUT2D eigenvalue weighted by Crippen LogP contribution is 2.36. The van der Waals surface area contributed by atoms with E-state index in [2.05, 4.69) is 4.98 Å². The molecule has 1 atom stereocenters. The van der Waals surface area contributed by atoms with Crippen LogP contribution in [0.2, 0.25) is 10.0 Å². The van der Waals surface area contributed by atoms with Crippen LogP contribution in [0.15, 0.2) is 48.7 Å².